The lowest BCUT2D eigenvalue weighted by Crippen LogP contribution is -2.38. The zero-order valence-corrected chi connectivity index (χ0v) is 9.52. The minimum absolute atomic E-state index is 0.168. The molecule has 0 aromatic heterocycles. The number of amides is 1. The van der Waals surface area contributed by atoms with Crippen LogP contribution in [0.3, 0.4) is 0 Å². The highest BCUT2D eigenvalue weighted by Gasteiger charge is 2.38. The second-order valence-electron chi connectivity index (χ2n) is 5.08. The molecule has 1 saturated carbocycles. The number of hydrogen-bond acceptors (Lipinski definition) is 1. The van der Waals surface area contributed by atoms with Gasteiger partial charge in [-0.1, -0.05) is 13.3 Å². The maximum Gasteiger partial charge on any atom is 0.225 e. The van der Waals surface area contributed by atoms with Crippen LogP contribution < -0.4 is 0 Å². The molecule has 2 fully saturated rings. The van der Waals surface area contributed by atoms with Crippen molar-refractivity contribution in [1.29, 1.82) is 0 Å². The van der Waals surface area contributed by atoms with Gasteiger partial charge >= 0.3 is 0 Å². The van der Waals surface area contributed by atoms with E-state index in [-0.39, 0.29) is 5.41 Å². The minimum atomic E-state index is 0.168. The monoisotopic (exact) mass is 215 g/mol. The summed E-state index contributed by atoms with van der Waals surface area (Å²) in [5.41, 5.74) is 0.168. The van der Waals surface area contributed by atoms with E-state index >= 15 is 0 Å². The Morgan fingerprint density at radius 1 is 1.57 bits per heavy atom. The molecule has 2 nitrogen and oxygen atoms in total. The molecule has 1 saturated heterocycles. The summed E-state index contributed by atoms with van der Waals surface area (Å²) >= 11 is 5.91. The van der Waals surface area contributed by atoms with Crippen molar-refractivity contribution in [3.05, 3.63) is 0 Å². The van der Waals surface area contributed by atoms with Gasteiger partial charge in [0.1, 0.15) is 0 Å². The third-order valence-electron chi connectivity index (χ3n) is 3.65. The Hall–Kier alpha value is -0.240. The standard InChI is InChI=1S/C11H18ClNO/c1-11(7-12)5-6-13(8-11)10(14)9-3-2-4-9/h9H,2-8H2,1H3. The van der Waals surface area contributed by atoms with Crippen LogP contribution in [0, 0.1) is 11.3 Å². The highest BCUT2D eigenvalue weighted by molar-refractivity contribution is 6.18. The largest absolute Gasteiger partial charge is 0.342 e. The van der Waals surface area contributed by atoms with E-state index in [1.165, 1.54) is 6.42 Å². The highest BCUT2D eigenvalue weighted by Crippen LogP contribution is 2.35. The molecule has 0 N–H and O–H groups in total. The Bertz CT molecular complexity index is 239. The van der Waals surface area contributed by atoms with Crippen molar-refractivity contribution in [3.63, 3.8) is 0 Å². The summed E-state index contributed by atoms with van der Waals surface area (Å²) < 4.78 is 0. The summed E-state index contributed by atoms with van der Waals surface area (Å²) in [4.78, 5) is 13.9. The smallest absolute Gasteiger partial charge is 0.225 e. The Balaban J connectivity index is 1.91. The molecule has 3 heteroatoms. The van der Waals surface area contributed by atoms with Crippen LogP contribution in [-0.4, -0.2) is 29.8 Å². The van der Waals surface area contributed by atoms with Crippen molar-refractivity contribution in [3.8, 4) is 0 Å². The number of likely N-dealkylation sites (tertiary alicyclic amines) is 1. The van der Waals surface area contributed by atoms with Crippen molar-refractivity contribution in [2.24, 2.45) is 11.3 Å². The van der Waals surface area contributed by atoms with Gasteiger partial charge in [0.2, 0.25) is 5.91 Å². The van der Waals surface area contributed by atoms with Crippen molar-refractivity contribution < 1.29 is 4.79 Å². The molecule has 1 atom stereocenters. The number of carbonyl (C=O) groups is 1. The van der Waals surface area contributed by atoms with E-state index in [0.29, 0.717) is 17.7 Å². The number of alkyl halides is 1. The van der Waals surface area contributed by atoms with Gasteiger partial charge in [-0.2, -0.15) is 0 Å². The predicted molar refractivity (Wildman–Crippen MR) is 57.4 cm³/mol. The molecule has 1 aliphatic heterocycles. The topological polar surface area (TPSA) is 20.3 Å². The maximum atomic E-state index is 11.9. The third kappa shape index (κ3) is 1.77. The molecule has 14 heavy (non-hydrogen) atoms. The summed E-state index contributed by atoms with van der Waals surface area (Å²) in [5, 5.41) is 0. The lowest BCUT2D eigenvalue weighted by atomic mass is 9.84. The predicted octanol–water partition coefficient (Wildman–Crippen LogP) is 2.26. The van der Waals surface area contributed by atoms with Crippen LogP contribution in [-0.2, 0) is 4.79 Å². The van der Waals surface area contributed by atoms with E-state index in [1.807, 2.05) is 4.90 Å². The fraction of sp³-hybridized carbons (Fsp3) is 0.909. The fourth-order valence-corrected chi connectivity index (χ4v) is 2.45. The Morgan fingerprint density at radius 3 is 2.71 bits per heavy atom. The summed E-state index contributed by atoms with van der Waals surface area (Å²) in [5.74, 6) is 1.39. The van der Waals surface area contributed by atoms with E-state index in [2.05, 4.69) is 6.92 Å². The molecule has 1 heterocycles. The van der Waals surface area contributed by atoms with Crippen molar-refractivity contribution in [2.75, 3.05) is 19.0 Å². The second-order valence-corrected chi connectivity index (χ2v) is 5.35. The number of halogens is 1. The van der Waals surface area contributed by atoms with Gasteiger partial charge in [-0.15, -0.1) is 11.6 Å². The average molecular weight is 216 g/mol. The molecule has 2 aliphatic rings. The lowest BCUT2D eigenvalue weighted by Gasteiger charge is -2.30. The molecule has 2 rings (SSSR count). The molecule has 0 aromatic rings. The highest BCUT2D eigenvalue weighted by atomic mass is 35.5. The van der Waals surface area contributed by atoms with Crippen LogP contribution in [0.2, 0.25) is 0 Å². The second kappa shape index (κ2) is 3.73. The molecule has 1 amide bonds. The molecule has 0 radical (unpaired) electrons. The van der Waals surface area contributed by atoms with Gasteiger partial charge in [0.25, 0.3) is 0 Å². The number of nitrogens with zero attached hydrogens (tertiary/aromatic N) is 1. The SMILES string of the molecule is CC1(CCl)CCN(C(=O)C2CCC2)C1. The Labute approximate surface area is 90.6 Å². The maximum absolute atomic E-state index is 11.9. The molecule has 1 unspecified atom stereocenters. The molecular weight excluding hydrogens is 198 g/mol. The normalized spacial score (nSPS) is 33.1. The van der Waals surface area contributed by atoms with Gasteiger partial charge in [-0.05, 0) is 19.3 Å². The van der Waals surface area contributed by atoms with Crippen LogP contribution in [0.15, 0.2) is 0 Å². The van der Waals surface area contributed by atoms with Gasteiger partial charge in [0.05, 0.1) is 0 Å². The zero-order chi connectivity index (χ0) is 10.2. The van der Waals surface area contributed by atoms with Crippen LogP contribution in [0.5, 0.6) is 0 Å². The van der Waals surface area contributed by atoms with Crippen LogP contribution >= 0.6 is 11.6 Å². The first kappa shape index (κ1) is 10.3. The molecule has 0 spiro atoms. The fourth-order valence-electron chi connectivity index (χ4n) is 2.23. The summed E-state index contributed by atoms with van der Waals surface area (Å²) in [6, 6.07) is 0. The molecule has 0 aromatic carbocycles. The van der Waals surface area contributed by atoms with E-state index < -0.39 is 0 Å². The van der Waals surface area contributed by atoms with E-state index in [1.54, 1.807) is 0 Å². The van der Waals surface area contributed by atoms with Crippen LogP contribution in [0.25, 0.3) is 0 Å². The van der Waals surface area contributed by atoms with Crippen LogP contribution in [0.1, 0.15) is 32.6 Å². The molecule has 1 aliphatic carbocycles. The number of carbonyl (C=O) groups excluding carboxylic acids is 1. The molecular formula is C11H18ClNO. The lowest BCUT2D eigenvalue weighted by molar-refractivity contribution is -0.137. The van der Waals surface area contributed by atoms with Crippen molar-refractivity contribution >= 4 is 17.5 Å². The van der Waals surface area contributed by atoms with Crippen molar-refractivity contribution in [2.45, 2.75) is 32.6 Å². The first-order valence-corrected chi connectivity index (χ1v) is 6.03. The van der Waals surface area contributed by atoms with Crippen LogP contribution in [0.4, 0.5) is 0 Å². The molecule has 80 valence electrons. The van der Waals surface area contributed by atoms with Gasteiger partial charge in [0, 0.05) is 30.3 Å². The van der Waals surface area contributed by atoms with Gasteiger partial charge in [-0.25, -0.2) is 0 Å². The Kier molecular flexibility index (Phi) is 2.74. The average Bonchev–Trinajstić information content (AvgIpc) is 2.46. The third-order valence-corrected chi connectivity index (χ3v) is 4.29. The van der Waals surface area contributed by atoms with Gasteiger partial charge < -0.3 is 4.90 Å². The van der Waals surface area contributed by atoms with E-state index in [4.69, 9.17) is 11.6 Å². The van der Waals surface area contributed by atoms with Crippen molar-refractivity contribution in [1.82, 2.24) is 4.90 Å². The summed E-state index contributed by atoms with van der Waals surface area (Å²) in [6.07, 6.45) is 4.51. The Morgan fingerprint density at radius 2 is 2.29 bits per heavy atom. The summed E-state index contributed by atoms with van der Waals surface area (Å²) in [6.45, 7) is 3.96. The minimum Gasteiger partial charge on any atom is -0.342 e. The summed E-state index contributed by atoms with van der Waals surface area (Å²) in [7, 11) is 0. The number of rotatable bonds is 2. The first-order chi connectivity index (χ1) is 6.64. The van der Waals surface area contributed by atoms with Gasteiger partial charge in [-0.3, -0.25) is 4.79 Å². The van der Waals surface area contributed by atoms with E-state index in [9.17, 15) is 4.79 Å². The quantitative estimate of drug-likeness (QED) is 0.648. The molecule has 0 bridgehead atoms. The number of hydrogen-bond donors (Lipinski definition) is 0. The first-order valence-electron chi connectivity index (χ1n) is 5.49. The van der Waals surface area contributed by atoms with Gasteiger partial charge in [0.15, 0.2) is 0 Å². The van der Waals surface area contributed by atoms with E-state index in [0.717, 1.165) is 32.4 Å². The zero-order valence-electron chi connectivity index (χ0n) is 8.76.